The highest BCUT2D eigenvalue weighted by Crippen LogP contribution is 2.41. The Labute approximate surface area is 378 Å². The Morgan fingerprint density at radius 1 is 0.969 bits per heavy atom. The lowest BCUT2D eigenvalue weighted by Gasteiger charge is -2.31. The number of carbonyl (C=O) groups excluding carboxylic acids is 2. The molecule has 0 saturated carbocycles. The predicted octanol–water partition coefficient (Wildman–Crippen LogP) is 8.34. The van der Waals surface area contributed by atoms with E-state index in [1.54, 1.807) is 53.3 Å². The predicted molar refractivity (Wildman–Crippen MR) is 245 cm³/mol. The topological polar surface area (TPSA) is 193 Å². The summed E-state index contributed by atoms with van der Waals surface area (Å²) < 4.78 is 11.7. The van der Waals surface area contributed by atoms with Gasteiger partial charge >= 0.3 is 0 Å². The van der Waals surface area contributed by atoms with Crippen LogP contribution in [0.2, 0.25) is 0 Å². The van der Waals surface area contributed by atoms with Crippen LogP contribution in [0, 0.1) is 19.8 Å². The Morgan fingerprint density at radius 3 is 2.42 bits per heavy atom. The first kappa shape index (κ1) is 43.0. The summed E-state index contributed by atoms with van der Waals surface area (Å²) in [5.74, 6) is 0.266. The Hall–Kier alpha value is -6.30. The summed E-state index contributed by atoms with van der Waals surface area (Å²) in [4.78, 5) is 48.4. The van der Waals surface area contributed by atoms with E-state index >= 15 is 0 Å². The number of aliphatic hydroxyl groups excluding tert-OH is 1. The number of amides is 2. The molecule has 0 spiro atoms. The summed E-state index contributed by atoms with van der Waals surface area (Å²) in [6.45, 7) is 11.4. The Kier molecular flexibility index (Phi) is 12.1. The summed E-state index contributed by atoms with van der Waals surface area (Å²) in [6.07, 6.45) is 4.32. The van der Waals surface area contributed by atoms with Crippen LogP contribution in [-0.4, -0.2) is 89.0 Å². The number of aromatic hydroxyl groups is 1. The molecule has 2 saturated heterocycles. The van der Waals surface area contributed by atoms with Crippen LogP contribution in [0.15, 0.2) is 83.1 Å². The maximum absolute atomic E-state index is 14.2. The van der Waals surface area contributed by atoms with E-state index in [2.05, 4.69) is 47.4 Å². The van der Waals surface area contributed by atoms with E-state index in [-0.39, 0.29) is 54.1 Å². The molecule has 330 valence electrons. The molecule has 9 rings (SSSR count). The molecule has 2 aliphatic heterocycles. The van der Waals surface area contributed by atoms with E-state index < -0.39 is 18.1 Å². The average molecular weight is 900 g/mol. The molecule has 0 radical (unpaired) electrons. The fourth-order valence-corrected chi connectivity index (χ4v) is 10.9. The number of hydrogen-bond acceptors (Lipinski definition) is 15. The van der Waals surface area contributed by atoms with Crippen LogP contribution in [0.3, 0.4) is 0 Å². The zero-order chi connectivity index (χ0) is 44.6. The lowest BCUT2D eigenvalue weighted by molar-refractivity contribution is -0.141. The number of rotatable bonds is 12. The molecule has 64 heavy (non-hydrogen) atoms. The van der Waals surface area contributed by atoms with Gasteiger partial charge in [0.15, 0.2) is 11.5 Å². The number of anilines is 1. The lowest BCUT2D eigenvalue weighted by atomic mass is 9.91. The molecule has 2 aromatic carbocycles. The number of phenolic OH excluding ortho intramolecular Hbond substituents is 1. The molecule has 2 amide bonds. The number of nitrogens with zero attached hydrogens (tertiary/aromatic N) is 8. The SMILES string of the molecule is Cc1ncsc1-c1ccc([C@H](C)NC(=O)C2C[C@@H](O)CN2C(=O)[C@@H](c2cc(Oc3cnc(N4CCC(c5sc6nnc(-c7ccccc7O)cc6c5C)CC4)nc3)no2)C(C)C)cc1. The summed E-state index contributed by atoms with van der Waals surface area (Å²) >= 11 is 3.27. The average Bonchev–Trinajstić information content (AvgIpc) is 4.11. The van der Waals surface area contributed by atoms with Gasteiger partial charge in [0.25, 0.3) is 5.88 Å². The van der Waals surface area contributed by atoms with E-state index in [0.717, 1.165) is 57.8 Å². The molecule has 15 nitrogen and oxygen atoms in total. The van der Waals surface area contributed by atoms with Crippen LogP contribution >= 0.6 is 22.7 Å². The van der Waals surface area contributed by atoms with Crippen molar-refractivity contribution >= 4 is 50.7 Å². The number of thiophene rings is 1. The number of aryl methyl sites for hydroxylation is 2. The number of hydrogen-bond donors (Lipinski definition) is 3. The molecule has 2 fully saturated rings. The van der Waals surface area contributed by atoms with Crippen molar-refractivity contribution in [1.29, 1.82) is 0 Å². The third kappa shape index (κ3) is 8.66. The van der Waals surface area contributed by atoms with Crippen LogP contribution in [0.4, 0.5) is 5.95 Å². The Morgan fingerprint density at radius 2 is 1.72 bits per heavy atom. The van der Waals surface area contributed by atoms with Gasteiger partial charge in [-0.15, -0.1) is 32.9 Å². The number of para-hydroxylation sites is 1. The molecule has 2 aliphatic rings. The molecule has 7 aromatic rings. The second-order valence-electron chi connectivity index (χ2n) is 16.9. The number of aromatic nitrogens is 6. The number of likely N-dealkylation sites (tertiary alicyclic amines) is 1. The molecule has 1 unspecified atom stereocenters. The number of ether oxygens (including phenoxy) is 1. The number of aliphatic hydroxyl groups is 1. The maximum atomic E-state index is 14.2. The van der Waals surface area contributed by atoms with Gasteiger partial charge in [0.05, 0.1) is 46.3 Å². The third-order valence-electron chi connectivity index (χ3n) is 12.3. The van der Waals surface area contributed by atoms with Gasteiger partial charge in [0.2, 0.25) is 17.8 Å². The third-order valence-corrected chi connectivity index (χ3v) is 14.6. The van der Waals surface area contributed by atoms with Crippen LogP contribution < -0.4 is 15.0 Å². The first-order chi connectivity index (χ1) is 30.9. The van der Waals surface area contributed by atoms with Gasteiger partial charge in [0.1, 0.15) is 22.5 Å². The van der Waals surface area contributed by atoms with Gasteiger partial charge in [-0.3, -0.25) is 9.59 Å². The summed E-state index contributed by atoms with van der Waals surface area (Å²) in [6, 6.07) is 17.6. The first-order valence-corrected chi connectivity index (χ1v) is 23.2. The highest BCUT2D eigenvalue weighted by atomic mass is 32.1. The molecular weight excluding hydrogens is 851 g/mol. The fourth-order valence-electron chi connectivity index (χ4n) is 8.82. The molecule has 0 bridgehead atoms. The maximum Gasteiger partial charge on any atom is 0.259 e. The van der Waals surface area contributed by atoms with Crippen molar-refractivity contribution in [3.63, 3.8) is 0 Å². The molecule has 3 N–H and O–H groups in total. The molecule has 4 atom stereocenters. The highest BCUT2D eigenvalue weighted by Gasteiger charge is 2.43. The normalized spacial score (nSPS) is 17.9. The molecule has 7 heterocycles. The smallest absolute Gasteiger partial charge is 0.259 e. The zero-order valence-corrected chi connectivity index (χ0v) is 37.8. The number of carbonyl (C=O) groups is 2. The number of fused-ring (bicyclic) bond motifs is 1. The van der Waals surface area contributed by atoms with Gasteiger partial charge in [-0.2, -0.15) is 0 Å². The van der Waals surface area contributed by atoms with E-state index in [1.807, 2.05) is 75.7 Å². The summed E-state index contributed by atoms with van der Waals surface area (Å²) in [7, 11) is 0. The number of phenols is 1. The van der Waals surface area contributed by atoms with Crippen molar-refractivity contribution in [1.82, 2.24) is 40.5 Å². The van der Waals surface area contributed by atoms with Gasteiger partial charge < -0.3 is 34.6 Å². The van der Waals surface area contributed by atoms with Gasteiger partial charge in [-0.25, -0.2) is 15.0 Å². The minimum absolute atomic E-state index is 0.0267. The van der Waals surface area contributed by atoms with Crippen molar-refractivity contribution in [2.24, 2.45) is 5.92 Å². The van der Waals surface area contributed by atoms with Crippen molar-refractivity contribution < 1.29 is 29.1 Å². The fraction of sp³-hybridized carbons (Fsp3) is 0.362. The standard InChI is InChI=1S/C47H49N9O6S2/c1-25(2)41(46(60)56-23-32(57)18-37(56)44(59)51-27(4)29-10-12-30(13-11-29)43-28(5)50-24-63-43)39-20-40(54-62-39)61-33-21-48-47(49-22-33)55-16-14-31(15-17-55)42-26(3)35-19-36(52-53-45(35)64-42)34-8-6-7-9-38(34)58/h6-13,19-22,24-25,27,31-32,37,41,57-58H,14-18,23H2,1-5H3,(H,51,59)/t27-,32+,37?,41+/m0/s1. The minimum atomic E-state index is -0.856. The zero-order valence-electron chi connectivity index (χ0n) is 36.1. The first-order valence-electron chi connectivity index (χ1n) is 21.5. The van der Waals surface area contributed by atoms with Crippen molar-refractivity contribution in [3.05, 3.63) is 106 Å². The van der Waals surface area contributed by atoms with E-state index in [9.17, 15) is 19.8 Å². The quantitative estimate of drug-likeness (QED) is 0.106. The molecule has 0 aliphatic carbocycles. The second kappa shape index (κ2) is 18.1. The van der Waals surface area contributed by atoms with Gasteiger partial charge in [-0.05, 0) is 85.5 Å². The number of β-amino-alcohol motifs (C(OH)–C–C–N with tert-alkyl or cyclic N) is 1. The van der Waals surface area contributed by atoms with E-state index in [0.29, 0.717) is 28.9 Å². The number of nitrogens with one attached hydrogen (secondary N) is 1. The highest BCUT2D eigenvalue weighted by molar-refractivity contribution is 7.19. The number of piperidine rings is 1. The monoisotopic (exact) mass is 899 g/mol. The lowest BCUT2D eigenvalue weighted by Crippen LogP contribution is -2.48. The van der Waals surface area contributed by atoms with Crippen molar-refractivity contribution in [3.8, 4) is 39.1 Å². The molecule has 17 heteroatoms. The second-order valence-corrected chi connectivity index (χ2v) is 18.8. The Balaban J connectivity index is 0.807. The molecular formula is C47H49N9O6S2. The largest absolute Gasteiger partial charge is 0.507 e. The summed E-state index contributed by atoms with van der Waals surface area (Å²) in [5.41, 5.74) is 7.30. The number of thiazole rings is 1. The van der Waals surface area contributed by atoms with Crippen LogP contribution in [0.25, 0.3) is 31.9 Å². The van der Waals surface area contributed by atoms with Crippen LogP contribution in [0.5, 0.6) is 17.4 Å². The summed E-state index contributed by atoms with van der Waals surface area (Å²) in [5, 5.41) is 38.2. The van der Waals surface area contributed by atoms with Crippen molar-refractivity contribution in [2.45, 2.75) is 83.9 Å². The van der Waals surface area contributed by atoms with Gasteiger partial charge in [0, 0.05) is 47.9 Å². The van der Waals surface area contributed by atoms with E-state index in [4.69, 9.17) is 9.26 Å². The van der Waals surface area contributed by atoms with Gasteiger partial charge in [-0.1, -0.05) is 50.2 Å². The van der Waals surface area contributed by atoms with E-state index in [1.165, 1.54) is 15.3 Å². The van der Waals surface area contributed by atoms with Crippen molar-refractivity contribution in [2.75, 3.05) is 24.5 Å². The minimum Gasteiger partial charge on any atom is -0.507 e. The van der Waals surface area contributed by atoms with Crippen LogP contribution in [0.1, 0.15) is 85.4 Å². The van der Waals surface area contributed by atoms with Crippen LogP contribution in [-0.2, 0) is 9.59 Å². The number of benzene rings is 2. The Bertz CT molecular complexity index is 2780. The molecule has 5 aromatic heterocycles.